The zero-order chi connectivity index (χ0) is 15.8. The largest absolute Gasteiger partial charge is 0.381 e. The molecule has 0 bridgehead atoms. The lowest BCUT2D eigenvalue weighted by atomic mass is 10.1. The number of nitrogens with two attached hydrogens (primary N) is 1. The van der Waals surface area contributed by atoms with E-state index in [1.54, 1.807) is 0 Å². The van der Waals surface area contributed by atoms with Gasteiger partial charge in [0.05, 0.1) is 4.92 Å². The SMILES string of the molecule is CC(C)COCCCNc1ccc(C(N)=O)cc1[N+](=O)[O-]. The summed E-state index contributed by atoms with van der Waals surface area (Å²) in [6, 6.07) is 4.14. The molecule has 21 heavy (non-hydrogen) atoms. The number of nitro groups is 1. The molecule has 1 aromatic rings. The number of rotatable bonds is 9. The van der Waals surface area contributed by atoms with Crippen molar-refractivity contribution in [2.75, 3.05) is 25.1 Å². The zero-order valence-corrected chi connectivity index (χ0v) is 12.3. The minimum Gasteiger partial charge on any atom is -0.381 e. The Kier molecular flexibility index (Phi) is 6.61. The summed E-state index contributed by atoms with van der Waals surface area (Å²) in [6.45, 7) is 5.99. The van der Waals surface area contributed by atoms with Crippen LogP contribution in [-0.4, -0.2) is 30.6 Å². The third kappa shape index (κ3) is 5.78. The van der Waals surface area contributed by atoms with Crippen LogP contribution in [0.5, 0.6) is 0 Å². The maximum atomic E-state index is 11.0. The average molecular weight is 295 g/mol. The Hall–Kier alpha value is -2.15. The van der Waals surface area contributed by atoms with Gasteiger partial charge in [0.2, 0.25) is 5.91 Å². The van der Waals surface area contributed by atoms with E-state index in [4.69, 9.17) is 10.5 Å². The number of nitro benzene ring substituents is 1. The quantitative estimate of drug-likeness (QED) is 0.412. The summed E-state index contributed by atoms with van der Waals surface area (Å²) in [5.41, 5.74) is 5.44. The van der Waals surface area contributed by atoms with Gasteiger partial charge in [-0.2, -0.15) is 0 Å². The molecule has 0 aromatic heterocycles. The molecule has 0 radical (unpaired) electrons. The third-order valence-corrected chi connectivity index (χ3v) is 2.71. The molecule has 1 aromatic carbocycles. The van der Waals surface area contributed by atoms with E-state index < -0.39 is 10.8 Å². The number of primary amides is 1. The topological polar surface area (TPSA) is 107 Å². The van der Waals surface area contributed by atoms with E-state index in [-0.39, 0.29) is 11.3 Å². The van der Waals surface area contributed by atoms with E-state index in [9.17, 15) is 14.9 Å². The van der Waals surface area contributed by atoms with Crippen LogP contribution in [0.3, 0.4) is 0 Å². The Bertz CT molecular complexity index is 503. The van der Waals surface area contributed by atoms with Gasteiger partial charge in [0.25, 0.3) is 5.69 Å². The number of hydrogen-bond donors (Lipinski definition) is 2. The number of nitrogens with one attached hydrogen (secondary N) is 1. The number of ether oxygens (including phenoxy) is 1. The van der Waals surface area contributed by atoms with Crippen LogP contribution in [0.4, 0.5) is 11.4 Å². The van der Waals surface area contributed by atoms with Crippen molar-refractivity contribution in [2.24, 2.45) is 11.7 Å². The first-order valence-corrected chi connectivity index (χ1v) is 6.81. The molecular formula is C14H21N3O4. The smallest absolute Gasteiger partial charge is 0.293 e. The minimum absolute atomic E-state index is 0.118. The van der Waals surface area contributed by atoms with Gasteiger partial charge in [-0.3, -0.25) is 14.9 Å². The summed E-state index contributed by atoms with van der Waals surface area (Å²) in [5.74, 6) is -0.202. The predicted molar refractivity (Wildman–Crippen MR) is 80.4 cm³/mol. The zero-order valence-electron chi connectivity index (χ0n) is 12.3. The van der Waals surface area contributed by atoms with Gasteiger partial charge in [0.1, 0.15) is 5.69 Å². The highest BCUT2D eigenvalue weighted by molar-refractivity contribution is 5.94. The number of nitrogens with zero attached hydrogens (tertiary/aromatic N) is 1. The standard InChI is InChI=1S/C14H21N3O4/c1-10(2)9-21-7-3-6-16-12-5-4-11(14(15)18)8-13(12)17(19)20/h4-5,8,10,16H,3,6-7,9H2,1-2H3,(H2,15,18). The van der Waals surface area contributed by atoms with E-state index >= 15 is 0 Å². The van der Waals surface area contributed by atoms with Crippen LogP contribution in [0.25, 0.3) is 0 Å². The van der Waals surface area contributed by atoms with Gasteiger partial charge < -0.3 is 15.8 Å². The number of amides is 1. The average Bonchev–Trinajstić information content (AvgIpc) is 2.42. The molecule has 3 N–H and O–H groups in total. The number of anilines is 1. The molecular weight excluding hydrogens is 274 g/mol. The summed E-state index contributed by atoms with van der Waals surface area (Å²) < 4.78 is 5.43. The van der Waals surface area contributed by atoms with E-state index in [0.717, 1.165) is 6.42 Å². The van der Waals surface area contributed by atoms with Crippen molar-refractivity contribution in [3.63, 3.8) is 0 Å². The fourth-order valence-electron chi connectivity index (χ4n) is 1.70. The third-order valence-electron chi connectivity index (χ3n) is 2.71. The molecule has 0 fully saturated rings. The number of carbonyl (C=O) groups is 1. The lowest BCUT2D eigenvalue weighted by Crippen LogP contribution is -2.13. The molecule has 0 aliphatic rings. The Morgan fingerprint density at radius 2 is 2.19 bits per heavy atom. The second kappa shape index (κ2) is 8.21. The number of carbonyl (C=O) groups excluding carboxylic acids is 1. The summed E-state index contributed by atoms with van der Waals surface area (Å²) in [6.07, 6.45) is 0.738. The first kappa shape index (κ1) is 16.9. The summed E-state index contributed by atoms with van der Waals surface area (Å²) in [7, 11) is 0. The number of hydrogen-bond acceptors (Lipinski definition) is 5. The van der Waals surface area contributed by atoms with Crippen LogP contribution in [0.2, 0.25) is 0 Å². The van der Waals surface area contributed by atoms with Gasteiger partial charge in [0.15, 0.2) is 0 Å². The van der Waals surface area contributed by atoms with Crippen LogP contribution < -0.4 is 11.1 Å². The van der Waals surface area contributed by atoms with E-state index in [0.29, 0.717) is 31.4 Å². The van der Waals surface area contributed by atoms with Crippen molar-refractivity contribution in [1.29, 1.82) is 0 Å². The van der Waals surface area contributed by atoms with Gasteiger partial charge in [-0.15, -0.1) is 0 Å². The Balaban J connectivity index is 2.54. The molecule has 0 aliphatic carbocycles. The van der Waals surface area contributed by atoms with Crippen LogP contribution >= 0.6 is 0 Å². The van der Waals surface area contributed by atoms with Gasteiger partial charge in [-0.25, -0.2) is 0 Å². The second-order valence-corrected chi connectivity index (χ2v) is 5.10. The highest BCUT2D eigenvalue weighted by Crippen LogP contribution is 2.25. The predicted octanol–water partition coefficient (Wildman–Crippen LogP) is 2.17. The molecule has 0 atom stereocenters. The minimum atomic E-state index is -0.688. The van der Waals surface area contributed by atoms with E-state index in [1.807, 2.05) is 0 Å². The van der Waals surface area contributed by atoms with E-state index in [1.165, 1.54) is 18.2 Å². The molecule has 0 spiro atoms. The number of benzene rings is 1. The van der Waals surface area contributed by atoms with Crippen molar-refractivity contribution in [1.82, 2.24) is 0 Å². The normalized spacial score (nSPS) is 10.6. The maximum Gasteiger partial charge on any atom is 0.293 e. The van der Waals surface area contributed by atoms with Crippen molar-refractivity contribution < 1.29 is 14.5 Å². The monoisotopic (exact) mass is 295 g/mol. The second-order valence-electron chi connectivity index (χ2n) is 5.10. The van der Waals surface area contributed by atoms with Crippen LogP contribution in [0.1, 0.15) is 30.6 Å². The summed E-state index contributed by atoms with van der Waals surface area (Å²) in [5, 5.41) is 14.0. The van der Waals surface area contributed by atoms with Crippen molar-refractivity contribution in [3.05, 3.63) is 33.9 Å². The Morgan fingerprint density at radius 3 is 2.76 bits per heavy atom. The molecule has 0 unspecified atom stereocenters. The molecule has 0 heterocycles. The first-order valence-electron chi connectivity index (χ1n) is 6.81. The van der Waals surface area contributed by atoms with Crippen molar-refractivity contribution in [3.8, 4) is 0 Å². The van der Waals surface area contributed by atoms with Crippen LogP contribution in [-0.2, 0) is 4.74 Å². The molecule has 116 valence electrons. The molecule has 1 amide bonds. The molecule has 7 heteroatoms. The van der Waals surface area contributed by atoms with Gasteiger partial charge >= 0.3 is 0 Å². The highest BCUT2D eigenvalue weighted by Gasteiger charge is 2.16. The van der Waals surface area contributed by atoms with Crippen molar-refractivity contribution in [2.45, 2.75) is 20.3 Å². The Morgan fingerprint density at radius 1 is 1.48 bits per heavy atom. The summed E-state index contributed by atoms with van der Waals surface area (Å²) >= 11 is 0. The lowest BCUT2D eigenvalue weighted by Gasteiger charge is -2.09. The van der Waals surface area contributed by atoms with Gasteiger partial charge in [0, 0.05) is 31.4 Å². The molecule has 0 saturated heterocycles. The summed E-state index contributed by atoms with van der Waals surface area (Å²) in [4.78, 5) is 21.5. The Labute approximate surface area is 123 Å². The fraction of sp³-hybridized carbons (Fsp3) is 0.500. The van der Waals surface area contributed by atoms with Crippen LogP contribution in [0, 0.1) is 16.0 Å². The molecule has 1 rings (SSSR count). The van der Waals surface area contributed by atoms with Crippen molar-refractivity contribution >= 4 is 17.3 Å². The van der Waals surface area contributed by atoms with Gasteiger partial charge in [-0.1, -0.05) is 13.8 Å². The molecule has 7 nitrogen and oxygen atoms in total. The fourth-order valence-corrected chi connectivity index (χ4v) is 1.70. The molecule has 0 saturated carbocycles. The molecule has 0 aliphatic heterocycles. The van der Waals surface area contributed by atoms with Gasteiger partial charge in [-0.05, 0) is 24.5 Å². The van der Waals surface area contributed by atoms with E-state index in [2.05, 4.69) is 19.2 Å². The first-order chi connectivity index (χ1) is 9.91. The highest BCUT2D eigenvalue weighted by atomic mass is 16.6. The lowest BCUT2D eigenvalue weighted by molar-refractivity contribution is -0.384. The maximum absolute atomic E-state index is 11.0. The van der Waals surface area contributed by atoms with Crippen LogP contribution in [0.15, 0.2) is 18.2 Å².